The van der Waals surface area contributed by atoms with E-state index in [-0.39, 0.29) is 0 Å². The number of imidazole rings is 1. The van der Waals surface area contributed by atoms with Gasteiger partial charge in [0.1, 0.15) is 5.82 Å². The van der Waals surface area contributed by atoms with E-state index < -0.39 is 5.95 Å². The molecule has 2 aromatic heterocycles. The molecule has 1 fully saturated rings. The molecule has 7 heteroatoms. The Bertz CT molecular complexity index is 844. The molecular weight excluding hydrogens is 361 g/mol. The molecule has 0 atom stereocenters. The van der Waals surface area contributed by atoms with E-state index in [1.165, 1.54) is 12.3 Å². The van der Waals surface area contributed by atoms with E-state index in [0.29, 0.717) is 12.0 Å². The summed E-state index contributed by atoms with van der Waals surface area (Å²) in [5, 5.41) is 0. The maximum absolute atomic E-state index is 13.0. The second kappa shape index (κ2) is 8.54. The second-order valence-corrected chi connectivity index (χ2v) is 7.43. The van der Waals surface area contributed by atoms with Gasteiger partial charge < -0.3 is 9.71 Å². The minimum Gasteiger partial charge on any atom is -0.342 e. The van der Waals surface area contributed by atoms with E-state index in [9.17, 15) is 4.39 Å². The van der Waals surface area contributed by atoms with Gasteiger partial charge in [-0.15, -0.1) is 0 Å². The third-order valence-corrected chi connectivity index (χ3v) is 5.70. The van der Waals surface area contributed by atoms with Crippen LogP contribution in [-0.2, 0) is 0 Å². The van der Waals surface area contributed by atoms with Gasteiger partial charge in [-0.2, -0.15) is 4.39 Å². The van der Waals surface area contributed by atoms with Crippen molar-refractivity contribution in [1.29, 1.82) is 0 Å². The number of anilines is 1. The number of nitrogens with one attached hydrogen (secondary N) is 3. The van der Waals surface area contributed by atoms with Gasteiger partial charge in [-0.05, 0) is 49.9 Å². The summed E-state index contributed by atoms with van der Waals surface area (Å²) in [6.07, 6.45) is 7.76. The Morgan fingerprint density at radius 3 is 2.52 bits per heavy atom. The third kappa shape index (κ3) is 4.67. The first kappa shape index (κ1) is 18.0. The lowest BCUT2D eigenvalue weighted by Gasteiger charge is -2.27. The number of rotatable bonds is 6. The molecular formula is C20H22FN5S. The number of aromatic amines is 1. The number of H-pyrrole nitrogens is 1. The Balaban J connectivity index is 1.26. The van der Waals surface area contributed by atoms with Gasteiger partial charge in [-0.3, -0.25) is 0 Å². The lowest BCUT2D eigenvalue weighted by molar-refractivity contribution is 0.373. The number of hydrogen-bond donors (Lipinski definition) is 3. The Morgan fingerprint density at radius 2 is 1.78 bits per heavy atom. The van der Waals surface area contributed by atoms with Crippen molar-refractivity contribution in [3.8, 4) is 11.3 Å². The summed E-state index contributed by atoms with van der Waals surface area (Å²) in [6, 6.07) is 13.7. The molecule has 1 aliphatic rings. The van der Waals surface area contributed by atoms with Gasteiger partial charge in [0.25, 0.3) is 0 Å². The number of benzene rings is 1. The van der Waals surface area contributed by atoms with Crippen molar-refractivity contribution < 1.29 is 4.39 Å². The normalized spacial score (nSPS) is 19.7. The van der Waals surface area contributed by atoms with Crippen molar-refractivity contribution in [3.05, 3.63) is 66.6 Å². The minimum absolute atomic E-state index is 0.442. The molecule has 1 aliphatic carbocycles. The van der Waals surface area contributed by atoms with Crippen LogP contribution in [0.25, 0.3) is 11.3 Å². The Morgan fingerprint density at radius 1 is 0.963 bits per heavy atom. The van der Waals surface area contributed by atoms with Crippen molar-refractivity contribution >= 4 is 17.8 Å². The topological polar surface area (TPSA) is 65.6 Å². The summed E-state index contributed by atoms with van der Waals surface area (Å²) in [6.45, 7) is 0. The fourth-order valence-corrected chi connectivity index (χ4v) is 4.10. The Labute approximate surface area is 162 Å². The van der Waals surface area contributed by atoms with Crippen LogP contribution in [0.2, 0.25) is 0 Å². The number of pyridine rings is 1. The minimum atomic E-state index is -0.469. The SMILES string of the molecule is Fc1ccc(-c2cnc(C3CCC(NSNc4ccccc4)CC3)[nH]2)cn1. The number of hydrogen-bond acceptors (Lipinski definition) is 5. The van der Waals surface area contributed by atoms with Gasteiger partial charge in [0.2, 0.25) is 5.95 Å². The standard InChI is InChI=1S/C20H22FN5S/c21-19-11-8-15(12-22-19)18-13-23-20(24-18)14-6-9-17(10-7-14)26-27-25-16-4-2-1-3-5-16/h1-5,8,11-14,17,25-26H,6-7,9-10H2,(H,23,24). The fraction of sp³-hybridized carbons (Fsp3) is 0.300. The van der Waals surface area contributed by atoms with Gasteiger partial charge in [0.15, 0.2) is 0 Å². The van der Waals surface area contributed by atoms with Crippen LogP contribution < -0.4 is 9.44 Å². The van der Waals surface area contributed by atoms with E-state index >= 15 is 0 Å². The quantitative estimate of drug-likeness (QED) is 0.417. The maximum Gasteiger partial charge on any atom is 0.212 e. The Kier molecular flexibility index (Phi) is 5.69. The second-order valence-electron chi connectivity index (χ2n) is 6.79. The number of halogens is 1. The number of aromatic nitrogens is 3. The predicted octanol–water partition coefficient (Wildman–Crippen LogP) is 4.90. The largest absolute Gasteiger partial charge is 0.342 e. The summed E-state index contributed by atoms with van der Waals surface area (Å²) < 4.78 is 19.8. The van der Waals surface area contributed by atoms with E-state index in [0.717, 1.165) is 48.5 Å². The molecule has 1 saturated carbocycles. The van der Waals surface area contributed by atoms with E-state index in [2.05, 4.69) is 36.5 Å². The van der Waals surface area contributed by atoms with Crippen LogP contribution in [0.4, 0.5) is 10.1 Å². The maximum atomic E-state index is 13.0. The van der Waals surface area contributed by atoms with Gasteiger partial charge in [0, 0.05) is 41.5 Å². The molecule has 140 valence electrons. The van der Waals surface area contributed by atoms with Crippen LogP contribution in [0.15, 0.2) is 54.9 Å². The first-order valence-electron chi connectivity index (χ1n) is 9.17. The molecule has 27 heavy (non-hydrogen) atoms. The van der Waals surface area contributed by atoms with Gasteiger partial charge in [-0.25, -0.2) is 14.7 Å². The van der Waals surface area contributed by atoms with Gasteiger partial charge in [0.05, 0.1) is 11.9 Å². The first-order chi connectivity index (χ1) is 13.3. The highest BCUT2D eigenvalue weighted by atomic mass is 32.2. The smallest absolute Gasteiger partial charge is 0.212 e. The van der Waals surface area contributed by atoms with Crippen molar-refractivity contribution in [3.63, 3.8) is 0 Å². The highest BCUT2D eigenvalue weighted by molar-refractivity contribution is 7.98. The molecule has 3 N–H and O–H groups in total. The molecule has 0 saturated heterocycles. The average molecular weight is 383 g/mol. The van der Waals surface area contributed by atoms with Crippen molar-refractivity contribution in [2.75, 3.05) is 4.72 Å². The van der Waals surface area contributed by atoms with Gasteiger partial charge in [-0.1, -0.05) is 18.2 Å². The fourth-order valence-electron chi connectivity index (χ4n) is 3.39. The summed E-state index contributed by atoms with van der Waals surface area (Å²) in [5.74, 6) is 0.990. The number of para-hydroxylation sites is 1. The molecule has 0 bridgehead atoms. The van der Waals surface area contributed by atoms with Crippen molar-refractivity contribution in [2.45, 2.75) is 37.6 Å². The Hall–Kier alpha value is -2.38. The molecule has 0 radical (unpaired) electrons. The molecule has 4 rings (SSSR count). The van der Waals surface area contributed by atoms with Crippen molar-refractivity contribution in [1.82, 2.24) is 19.7 Å². The highest BCUT2D eigenvalue weighted by Gasteiger charge is 2.24. The summed E-state index contributed by atoms with van der Waals surface area (Å²) in [7, 11) is 0. The monoisotopic (exact) mass is 383 g/mol. The molecule has 5 nitrogen and oxygen atoms in total. The first-order valence-corrected chi connectivity index (χ1v) is 9.99. The third-order valence-electron chi connectivity index (χ3n) is 4.92. The average Bonchev–Trinajstić information content (AvgIpc) is 3.20. The summed E-state index contributed by atoms with van der Waals surface area (Å²) in [5.41, 5.74) is 2.84. The van der Waals surface area contributed by atoms with E-state index in [1.54, 1.807) is 18.2 Å². The van der Waals surface area contributed by atoms with E-state index in [1.807, 2.05) is 24.4 Å². The van der Waals surface area contributed by atoms with Gasteiger partial charge >= 0.3 is 0 Å². The van der Waals surface area contributed by atoms with E-state index in [4.69, 9.17) is 0 Å². The zero-order chi connectivity index (χ0) is 18.5. The van der Waals surface area contributed by atoms with Crippen LogP contribution in [0.5, 0.6) is 0 Å². The molecule has 2 heterocycles. The van der Waals surface area contributed by atoms with Crippen LogP contribution in [0, 0.1) is 5.95 Å². The summed E-state index contributed by atoms with van der Waals surface area (Å²) >= 11 is 1.55. The lowest BCUT2D eigenvalue weighted by atomic mass is 9.86. The predicted molar refractivity (Wildman–Crippen MR) is 108 cm³/mol. The molecule has 0 spiro atoms. The lowest BCUT2D eigenvalue weighted by Crippen LogP contribution is -2.29. The van der Waals surface area contributed by atoms with Crippen molar-refractivity contribution in [2.24, 2.45) is 0 Å². The molecule has 1 aromatic carbocycles. The highest BCUT2D eigenvalue weighted by Crippen LogP contribution is 2.33. The molecule has 0 aliphatic heterocycles. The molecule has 3 aromatic rings. The molecule has 0 amide bonds. The zero-order valence-electron chi connectivity index (χ0n) is 14.9. The molecule has 0 unspecified atom stereocenters. The zero-order valence-corrected chi connectivity index (χ0v) is 15.7. The van der Waals surface area contributed by atoms with Crippen LogP contribution in [-0.4, -0.2) is 21.0 Å². The van der Waals surface area contributed by atoms with Crippen LogP contribution in [0.1, 0.15) is 37.4 Å². The van der Waals surface area contributed by atoms with Crippen LogP contribution in [0.3, 0.4) is 0 Å². The summed E-state index contributed by atoms with van der Waals surface area (Å²) in [4.78, 5) is 11.6. The van der Waals surface area contributed by atoms with Crippen LogP contribution >= 0.6 is 12.1 Å². The number of nitrogens with zero attached hydrogens (tertiary/aromatic N) is 2.